The number of likely N-dealkylation sites (N-methyl/N-ethyl adjacent to an activating group) is 1. The van der Waals surface area contributed by atoms with E-state index in [0.29, 0.717) is 5.92 Å². The van der Waals surface area contributed by atoms with Crippen LogP contribution >= 0.6 is 0 Å². The largest absolute Gasteiger partial charge is 0.338 e. The van der Waals surface area contributed by atoms with E-state index in [2.05, 4.69) is 11.4 Å². The fourth-order valence-electron chi connectivity index (χ4n) is 2.80. The maximum atomic E-state index is 12.6. The van der Waals surface area contributed by atoms with E-state index in [9.17, 15) is 4.79 Å². The molecule has 1 aromatic carbocycles. The summed E-state index contributed by atoms with van der Waals surface area (Å²) >= 11 is 0. The molecular formula is C13H16BN3O. The molecule has 1 unspecified atom stereocenters. The molecule has 1 aliphatic heterocycles. The van der Waals surface area contributed by atoms with E-state index in [0.717, 1.165) is 23.9 Å². The fourth-order valence-corrected chi connectivity index (χ4v) is 2.80. The van der Waals surface area contributed by atoms with Gasteiger partial charge in [0.05, 0.1) is 0 Å². The highest BCUT2D eigenvalue weighted by atomic mass is 16.2. The Kier molecular flexibility index (Phi) is 2.27. The van der Waals surface area contributed by atoms with Crippen LogP contribution in [0, 0.1) is 11.3 Å². The molecule has 0 bridgehead atoms. The molecule has 1 aromatic rings. The van der Waals surface area contributed by atoms with Gasteiger partial charge in [-0.2, -0.15) is 0 Å². The highest BCUT2D eigenvalue weighted by Crippen LogP contribution is 2.48. The quantitative estimate of drug-likeness (QED) is 0.689. The molecule has 1 aliphatic carbocycles. The van der Waals surface area contributed by atoms with Crippen LogP contribution in [0.3, 0.4) is 0 Å². The number of amides is 1. The van der Waals surface area contributed by atoms with Crippen molar-refractivity contribution in [2.45, 2.75) is 18.4 Å². The van der Waals surface area contributed by atoms with Crippen LogP contribution in [-0.2, 0) is 10.3 Å². The maximum Gasteiger partial charge on any atom is 0.259 e. The Morgan fingerprint density at radius 3 is 2.72 bits per heavy atom. The molecule has 5 heteroatoms. The van der Waals surface area contributed by atoms with Crippen LogP contribution < -0.4 is 10.8 Å². The van der Waals surface area contributed by atoms with Gasteiger partial charge in [-0.3, -0.25) is 15.1 Å². The summed E-state index contributed by atoms with van der Waals surface area (Å²) in [6, 6.07) is 8.04. The first-order valence-electron chi connectivity index (χ1n) is 6.28. The Morgan fingerprint density at radius 1 is 1.50 bits per heavy atom. The van der Waals surface area contributed by atoms with Crippen LogP contribution in [-0.4, -0.2) is 31.7 Å². The van der Waals surface area contributed by atoms with Crippen molar-refractivity contribution in [3.63, 3.8) is 0 Å². The van der Waals surface area contributed by atoms with E-state index >= 15 is 0 Å². The monoisotopic (exact) mass is 241 g/mol. The number of hydrogen-bond donors (Lipinski definition) is 2. The van der Waals surface area contributed by atoms with Gasteiger partial charge >= 0.3 is 0 Å². The first kappa shape index (κ1) is 11.3. The predicted octanol–water partition coefficient (Wildman–Crippen LogP) is -0.453. The summed E-state index contributed by atoms with van der Waals surface area (Å²) in [5.74, 6) is 0.520. The van der Waals surface area contributed by atoms with Crippen LogP contribution in [0.1, 0.15) is 18.4 Å². The summed E-state index contributed by atoms with van der Waals surface area (Å²) in [5, 5.41) is 11.0. The molecule has 4 nitrogen and oxygen atoms in total. The third-order valence-corrected chi connectivity index (χ3v) is 3.96. The van der Waals surface area contributed by atoms with Gasteiger partial charge in [0.1, 0.15) is 13.4 Å². The Balaban J connectivity index is 2.13. The average molecular weight is 241 g/mol. The number of carbonyl (C=O) groups excluding carboxylic acids is 1. The van der Waals surface area contributed by atoms with Crippen LogP contribution in [0.15, 0.2) is 24.3 Å². The number of rotatable bonds is 2. The van der Waals surface area contributed by atoms with Gasteiger partial charge < -0.3 is 5.32 Å². The molecule has 1 amide bonds. The summed E-state index contributed by atoms with van der Waals surface area (Å²) in [6.45, 7) is 0. The van der Waals surface area contributed by atoms with Crippen molar-refractivity contribution in [2.24, 2.45) is 5.92 Å². The normalized spacial score (nSPS) is 27.5. The summed E-state index contributed by atoms with van der Waals surface area (Å²) < 4.78 is 0. The lowest BCUT2D eigenvalue weighted by atomic mass is 9.81. The van der Waals surface area contributed by atoms with Crippen molar-refractivity contribution in [1.82, 2.24) is 10.2 Å². The van der Waals surface area contributed by atoms with Crippen molar-refractivity contribution in [2.75, 3.05) is 7.05 Å². The Labute approximate surface area is 107 Å². The minimum atomic E-state index is -0.697. The minimum Gasteiger partial charge on any atom is -0.338 e. The molecule has 1 saturated heterocycles. The summed E-state index contributed by atoms with van der Waals surface area (Å²) in [6.07, 6.45) is 2.10. The lowest BCUT2D eigenvalue weighted by Crippen LogP contribution is -2.46. The van der Waals surface area contributed by atoms with Gasteiger partial charge in [-0.25, -0.2) is 0 Å². The molecule has 2 aliphatic rings. The number of carbonyl (C=O) groups is 1. The smallest absolute Gasteiger partial charge is 0.259 e. The molecule has 92 valence electrons. The third-order valence-electron chi connectivity index (χ3n) is 3.96. The highest BCUT2D eigenvalue weighted by molar-refractivity contribution is 6.32. The van der Waals surface area contributed by atoms with Gasteiger partial charge in [-0.1, -0.05) is 29.7 Å². The summed E-state index contributed by atoms with van der Waals surface area (Å²) in [5.41, 5.74) is 1.44. The number of nitrogens with zero attached hydrogens (tertiary/aromatic N) is 1. The zero-order valence-electron chi connectivity index (χ0n) is 10.7. The molecule has 2 fully saturated rings. The second-order valence-electron chi connectivity index (χ2n) is 5.29. The molecule has 1 saturated carbocycles. The van der Waals surface area contributed by atoms with Crippen LogP contribution in [0.2, 0.25) is 0 Å². The summed E-state index contributed by atoms with van der Waals surface area (Å²) in [4.78, 5) is 14.0. The standard InChI is InChI=1S/C13H16BN3O/c1-17-11(18)13(8-5-6-8,16-12(17)15)9-3-2-4-10(14)7-9/h2-4,7-8H,5-6,14H2,1H3,(H2,15,16). The zero-order chi connectivity index (χ0) is 12.9. The highest BCUT2D eigenvalue weighted by Gasteiger charge is 2.58. The van der Waals surface area contributed by atoms with Gasteiger partial charge in [0.15, 0.2) is 5.96 Å². The van der Waals surface area contributed by atoms with E-state index in [1.165, 1.54) is 4.90 Å². The number of nitrogens with one attached hydrogen (secondary N) is 2. The average Bonchev–Trinajstić information content (AvgIpc) is 3.15. The molecular weight excluding hydrogens is 225 g/mol. The van der Waals surface area contributed by atoms with Crippen molar-refractivity contribution in [3.8, 4) is 0 Å². The number of guanidine groups is 1. The van der Waals surface area contributed by atoms with E-state index in [1.54, 1.807) is 7.05 Å². The molecule has 3 rings (SSSR count). The summed E-state index contributed by atoms with van der Waals surface area (Å²) in [7, 11) is 3.69. The lowest BCUT2D eigenvalue weighted by molar-refractivity contribution is -0.131. The van der Waals surface area contributed by atoms with Gasteiger partial charge in [0.2, 0.25) is 0 Å². The van der Waals surface area contributed by atoms with Gasteiger partial charge in [0.25, 0.3) is 5.91 Å². The van der Waals surface area contributed by atoms with Crippen LogP contribution in [0.5, 0.6) is 0 Å². The van der Waals surface area contributed by atoms with Gasteiger partial charge in [-0.05, 0) is 24.3 Å². The van der Waals surface area contributed by atoms with E-state index < -0.39 is 5.54 Å². The lowest BCUT2D eigenvalue weighted by Gasteiger charge is -2.27. The third kappa shape index (κ3) is 1.40. The van der Waals surface area contributed by atoms with Gasteiger partial charge in [-0.15, -0.1) is 0 Å². The molecule has 1 heterocycles. The topological polar surface area (TPSA) is 56.2 Å². The van der Waals surface area contributed by atoms with Gasteiger partial charge in [0, 0.05) is 7.05 Å². The van der Waals surface area contributed by atoms with Crippen molar-refractivity contribution in [1.29, 1.82) is 5.41 Å². The second kappa shape index (κ2) is 3.61. The molecule has 2 N–H and O–H groups in total. The number of benzene rings is 1. The number of hydrogen-bond acceptors (Lipinski definition) is 2. The molecule has 0 spiro atoms. The van der Waals surface area contributed by atoms with E-state index in [1.807, 2.05) is 26.0 Å². The zero-order valence-corrected chi connectivity index (χ0v) is 10.7. The minimum absolute atomic E-state index is 0.000556. The fraction of sp³-hybridized carbons (Fsp3) is 0.385. The van der Waals surface area contributed by atoms with Crippen LogP contribution in [0.4, 0.5) is 0 Å². The Morgan fingerprint density at radius 2 is 2.22 bits per heavy atom. The predicted molar refractivity (Wildman–Crippen MR) is 72.7 cm³/mol. The van der Waals surface area contributed by atoms with E-state index in [-0.39, 0.29) is 11.9 Å². The van der Waals surface area contributed by atoms with Crippen molar-refractivity contribution >= 4 is 25.2 Å². The molecule has 0 radical (unpaired) electrons. The SMILES string of the molecule is Bc1cccc(C2(C3CC3)NC(=N)N(C)C2=O)c1. The molecule has 1 atom stereocenters. The molecule has 18 heavy (non-hydrogen) atoms. The van der Waals surface area contributed by atoms with Crippen molar-refractivity contribution in [3.05, 3.63) is 29.8 Å². The maximum absolute atomic E-state index is 12.6. The molecule has 0 aromatic heterocycles. The first-order valence-corrected chi connectivity index (χ1v) is 6.28. The van der Waals surface area contributed by atoms with Crippen LogP contribution in [0.25, 0.3) is 0 Å². The van der Waals surface area contributed by atoms with Crippen molar-refractivity contribution < 1.29 is 4.79 Å². The van der Waals surface area contributed by atoms with E-state index in [4.69, 9.17) is 5.41 Å². The Bertz CT molecular complexity index is 541. The Hall–Kier alpha value is -1.78. The first-order chi connectivity index (χ1) is 8.55. The second-order valence-corrected chi connectivity index (χ2v) is 5.29.